The SMILES string of the molecule is O=C(Cn1ncccc1=O)NCc1cccnc1. The zero-order valence-corrected chi connectivity index (χ0v) is 9.61. The second-order valence-corrected chi connectivity index (χ2v) is 3.66. The lowest BCUT2D eigenvalue weighted by Crippen LogP contribution is -2.32. The molecule has 0 saturated carbocycles. The Balaban J connectivity index is 1.90. The van der Waals surface area contributed by atoms with E-state index in [0.717, 1.165) is 10.2 Å². The zero-order chi connectivity index (χ0) is 12.8. The summed E-state index contributed by atoms with van der Waals surface area (Å²) in [4.78, 5) is 26.9. The molecule has 0 aliphatic carbocycles. The van der Waals surface area contributed by atoms with Crippen LogP contribution in [0.2, 0.25) is 0 Å². The summed E-state index contributed by atoms with van der Waals surface area (Å²) in [6.07, 6.45) is 4.81. The lowest BCUT2D eigenvalue weighted by Gasteiger charge is -2.05. The van der Waals surface area contributed by atoms with Crippen LogP contribution in [-0.2, 0) is 17.9 Å². The predicted molar refractivity (Wildman–Crippen MR) is 64.6 cm³/mol. The molecule has 2 aromatic heterocycles. The van der Waals surface area contributed by atoms with Crippen molar-refractivity contribution in [2.45, 2.75) is 13.1 Å². The molecule has 0 spiro atoms. The minimum atomic E-state index is -0.297. The highest BCUT2D eigenvalue weighted by molar-refractivity contribution is 5.75. The summed E-state index contributed by atoms with van der Waals surface area (Å²) >= 11 is 0. The summed E-state index contributed by atoms with van der Waals surface area (Å²) in [7, 11) is 0. The first-order valence-electron chi connectivity index (χ1n) is 5.43. The Hall–Kier alpha value is -2.50. The number of nitrogens with one attached hydrogen (secondary N) is 1. The molecule has 2 rings (SSSR count). The van der Waals surface area contributed by atoms with Crippen molar-refractivity contribution in [3.63, 3.8) is 0 Å². The third-order valence-corrected chi connectivity index (χ3v) is 2.29. The van der Waals surface area contributed by atoms with Crippen LogP contribution in [0, 0.1) is 0 Å². The van der Waals surface area contributed by atoms with Crippen LogP contribution in [-0.4, -0.2) is 20.7 Å². The van der Waals surface area contributed by atoms with Crippen molar-refractivity contribution in [2.75, 3.05) is 0 Å². The normalized spacial score (nSPS) is 10.0. The number of pyridine rings is 1. The number of carbonyl (C=O) groups is 1. The summed E-state index contributed by atoms with van der Waals surface area (Å²) in [6, 6.07) is 6.55. The highest BCUT2D eigenvalue weighted by atomic mass is 16.2. The van der Waals surface area contributed by atoms with Gasteiger partial charge in [0.15, 0.2) is 0 Å². The molecule has 0 saturated heterocycles. The molecule has 0 aliphatic heterocycles. The molecule has 0 atom stereocenters. The molecular weight excluding hydrogens is 232 g/mol. The second kappa shape index (κ2) is 5.72. The fourth-order valence-corrected chi connectivity index (χ4v) is 1.40. The van der Waals surface area contributed by atoms with Crippen LogP contribution >= 0.6 is 0 Å². The summed E-state index contributed by atoms with van der Waals surface area (Å²) in [5, 5.41) is 6.50. The van der Waals surface area contributed by atoms with Crippen LogP contribution in [0.5, 0.6) is 0 Å². The van der Waals surface area contributed by atoms with E-state index in [2.05, 4.69) is 15.4 Å². The van der Waals surface area contributed by atoms with E-state index in [1.807, 2.05) is 6.07 Å². The third-order valence-electron chi connectivity index (χ3n) is 2.29. The van der Waals surface area contributed by atoms with Crippen molar-refractivity contribution < 1.29 is 4.79 Å². The maximum Gasteiger partial charge on any atom is 0.267 e. The van der Waals surface area contributed by atoms with E-state index in [0.29, 0.717) is 6.54 Å². The number of amides is 1. The average molecular weight is 244 g/mol. The lowest BCUT2D eigenvalue weighted by atomic mass is 10.3. The molecule has 6 nitrogen and oxygen atoms in total. The van der Waals surface area contributed by atoms with Gasteiger partial charge in [-0.2, -0.15) is 5.10 Å². The average Bonchev–Trinajstić information content (AvgIpc) is 2.40. The molecule has 2 heterocycles. The first-order valence-corrected chi connectivity index (χ1v) is 5.43. The molecule has 92 valence electrons. The third kappa shape index (κ3) is 3.24. The first-order chi connectivity index (χ1) is 8.75. The van der Waals surface area contributed by atoms with Crippen molar-refractivity contribution in [3.05, 3.63) is 58.8 Å². The number of hydrogen-bond donors (Lipinski definition) is 1. The summed E-state index contributed by atoms with van der Waals surface area (Å²) in [6.45, 7) is 0.300. The van der Waals surface area contributed by atoms with E-state index >= 15 is 0 Å². The molecule has 18 heavy (non-hydrogen) atoms. The van der Waals surface area contributed by atoms with Crippen LogP contribution < -0.4 is 10.9 Å². The van der Waals surface area contributed by atoms with Gasteiger partial charge in [-0.25, -0.2) is 4.68 Å². The van der Waals surface area contributed by atoms with E-state index in [1.54, 1.807) is 18.5 Å². The Morgan fingerprint density at radius 2 is 2.11 bits per heavy atom. The largest absolute Gasteiger partial charge is 0.350 e. The van der Waals surface area contributed by atoms with Gasteiger partial charge in [0.2, 0.25) is 5.91 Å². The fourth-order valence-electron chi connectivity index (χ4n) is 1.40. The molecule has 0 radical (unpaired) electrons. The molecule has 0 bridgehead atoms. The maximum absolute atomic E-state index is 11.6. The summed E-state index contributed by atoms with van der Waals surface area (Å²) in [5.41, 5.74) is 0.605. The molecule has 1 amide bonds. The molecule has 0 aromatic carbocycles. The Morgan fingerprint density at radius 1 is 1.28 bits per heavy atom. The van der Waals surface area contributed by atoms with E-state index < -0.39 is 0 Å². The Bertz CT molecular complexity index is 580. The highest BCUT2D eigenvalue weighted by Crippen LogP contribution is 1.94. The number of nitrogens with zero attached hydrogens (tertiary/aromatic N) is 3. The second-order valence-electron chi connectivity index (χ2n) is 3.66. The van der Waals surface area contributed by atoms with Gasteiger partial charge in [0, 0.05) is 31.2 Å². The molecule has 6 heteroatoms. The van der Waals surface area contributed by atoms with Gasteiger partial charge in [0.25, 0.3) is 5.56 Å². The molecule has 1 N–H and O–H groups in total. The van der Waals surface area contributed by atoms with Gasteiger partial charge in [0.05, 0.1) is 0 Å². The van der Waals surface area contributed by atoms with Crippen LogP contribution in [0.1, 0.15) is 5.56 Å². The minimum Gasteiger partial charge on any atom is -0.350 e. The van der Waals surface area contributed by atoms with Crippen LogP contribution in [0.3, 0.4) is 0 Å². The summed E-state index contributed by atoms with van der Waals surface area (Å²) in [5.74, 6) is -0.264. The molecule has 0 aliphatic rings. The van der Waals surface area contributed by atoms with Crippen LogP contribution in [0.4, 0.5) is 0 Å². The fraction of sp³-hybridized carbons (Fsp3) is 0.167. The molecule has 0 fully saturated rings. The molecule has 0 unspecified atom stereocenters. The molecule has 2 aromatic rings. The number of hydrogen-bond acceptors (Lipinski definition) is 4. The highest BCUT2D eigenvalue weighted by Gasteiger charge is 2.04. The van der Waals surface area contributed by atoms with Gasteiger partial charge < -0.3 is 5.32 Å². The van der Waals surface area contributed by atoms with Crippen molar-refractivity contribution in [2.24, 2.45) is 0 Å². The predicted octanol–water partition coefficient (Wildman–Crippen LogP) is -0.0453. The first kappa shape index (κ1) is 12.0. The Labute approximate surface area is 103 Å². The minimum absolute atomic E-state index is 0.0834. The van der Waals surface area contributed by atoms with Crippen molar-refractivity contribution in [1.82, 2.24) is 20.1 Å². The van der Waals surface area contributed by atoms with Gasteiger partial charge in [-0.1, -0.05) is 6.07 Å². The number of carbonyl (C=O) groups excluding carboxylic acids is 1. The topological polar surface area (TPSA) is 76.9 Å². The van der Waals surface area contributed by atoms with Crippen molar-refractivity contribution >= 4 is 5.91 Å². The Morgan fingerprint density at radius 3 is 2.83 bits per heavy atom. The summed E-state index contributed by atoms with van der Waals surface area (Å²) < 4.78 is 1.11. The van der Waals surface area contributed by atoms with Crippen molar-refractivity contribution in [1.29, 1.82) is 0 Å². The molecular formula is C12H12N4O2. The van der Waals surface area contributed by atoms with E-state index in [-0.39, 0.29) is 18.0 Å². The van der Waals surface area contributed by atoms with Gasteiger partial charge in [-0.05, 0) is 17.7 Å². The quantitative estimate of drug-likeness (QED) is 0.818. The Kier molecular flexibility index (Phi) is 3.80. The standard InChI is InChI=1S/C12H12N4O2/c17-11(9-16-12(18)4-2-6-15-16)14-8-10-3-1-5-13-7-10/h1-7H,8-9H2,(H,14,17). The van der Waals surface area contributed by atoms with Crippen LogP contribution in [0.15, 0.2) is 47.7 Å². The van der Waals surface area contributed by atoms with E-state index in [1.165, 1.54) is 18.3 Å². The maximum atomic E-state index is 11.6. The monoisotopic (exact) mass is 244 g/mol. The van der Waals surface area contributed by atoms with Gasteiger partial charge in [-0.3, -0.25) is 14.6 Å². The van der Waals surface area contributed by atoms with Gasteiger partial charge >= 0.3 is 0 Å². The van der Waals surface area contributed by atoms with Gasteiger partial charge in [0.1, 0.15) is 6.54 Å². The van der Waals surface area contributed by atoms with E-state index in [9.17, 15) is 9.59 Å². The lowest BCUT2D eigenvalue weighted by molar-refractivity contribution is -0.122. The van der Waals surface area contributed by atoms with Crippen molar-refractivity contribution in [3.8, 4) is 0 Å². The van der Waals surface area contributed by atoms with E-state index in [4.69, 9.17) is 0 Å². The number of aromatic nitrogens is 3. The number of rotatable bonds is 4. The van der Waals surface area contributed by atoms with Crippen LogP contribution in [0.25, 0.3) is 0 Å². The van der Waals surface area contributed by atoms with Gasteiger partial charge in [-0.15, -0.1) is 0 Å². The smallest absolute Gasteiger partial charge is 0.267 e. The zero-order valence-electron chi connectivity index (χ0n) is 9.61.